The predicted molar refractivity (Wildman–Crippen MR) is 133 cm³/mol. The molecule has 0 saturated heterocycles. The van der Waals surface area contributed by atoms with Crippen LogP contribution in [0.25, 0.3) is 22.0 Å². The molecule has 1 aromatic heterocycles. The Labute approximate surface area is 191 Å². The fourth-order valence-electron chi connectivity index (χ4n) is 5.78. The van der Waals surface area contributed by atoms with Gasteiger partial charge in [0.15, 0.2) is 0 Å². The Morgan fingerprint density at radius 2 is 1.84 bits per heavy atom. The Morgan fingerprint density at radius 3 is 2.59 bits per heavy atom. The predicted octanol–water partition coefficient (Wildman–Crippen LogP) is 6.08. The van der Waals surface area contributed by atoms with Gasteiger partial charge in [0.1, 0.15) is 11.2 Å². The molecule has 0 radical (unpaired) electrons. The van der Waals surface area contributed by atoms with Crippen LogP contribution in [-0.2, 0) is 6.42 Å². The largest absolute Gasteiger partial charge is 0.352 e. The number of aryl methyl sites for hydroxylation is 1. The van der Waals surface area contributed by atoms with E-state index in [0.717, 1.165) is 41.9 Å². The van der Waals surface area contributed by atoms with Crippen LogP contribution in [0.5, 0.6) is 0 Å². The van der Waals surface area contributed by atoms with Crippen molar-refractivity contribution < 1.29 is 9.67 Å². The van der Waals surface area contributed by atoms with Gasteiger partial charge >= 0.3 is 0 Å². The molecule has 32 heavy (non-hydrogen) atoms. The van der Waals surface area contributed by atoms with E-state index < -0.39 is 6.23 Å². The van der Waals surface area contributed by atoms with Crippen LogP contribution in [0.1, 0.15) is 63.1 Å². The van der Waals surface area contributed by atoms with Crippen molar-refractivity contribution in [2.45, 2.75) is 64.6 Å². The minimum absolute atomic E-state index is 0.311. The van der Waals surface area contributed by atoms with Gasteiger partial charge in [0.25, 0.3) is 5.82 Å². The smallest absolute Gasteiger partial charge is 0.293 e. The molecule has 1 N–H and O–H groups in total. The molecule has 0 fully saturated rings. The quantitative estimate of drug-likeness (QED) is 0.484. The monoisotopic (exact) mass is 425 g/mol. The molecule has 2 aliphatic heterocycles. The van der Waals surface area contributed by atoms with Gasteiger partial charge in [-0.2, -0.15) is 4.57 Å². The van der Waals surface area contributed by atoms with Crippen molar-refractivity contribution >= 4 is 27.9 Å². The molecule has 164 valence electrons. The summed E-state index contributed by atoms with van der Waals surface area (Å²) in [5.41, 5.74) is 5.55. The van der Waals surface area contributed by atoms with Crippen molar-refractivity contribution in [1.82, 2.24) is 0 Å². The van der Waals surface area contributed by atoms with Gasteiger partial charge in [0.05, 0.1) is 11.6 Å². The van der Waals surface area contributed by atoms with Gasteiger partial charge in [0, 0.05) is 17.2 Å². The number of aliphatic hydroxyl groups excluding tert-OH is 1. The summed E-state index contributed by atoms with van der Waals surface area (Å²) in [6.07, 6.45) is 8.70. The number of anilines is 1. The van der Waals surface area contributed by atoms with Gasteiger partial charge in [-0.25, -0.2) is 4.90 Å². The lowest BCUT2D eigenvalue weighted by Gasteiger charge is -2.46. The maximum absolute atomic E-state index is 11.6. The van der Waals surface area contributed by atoms with Crippen LogP contribution in [0.3, 0.4) is 0 Å². The molecule has 0 spiro atoms. The Morgan fingerprint density at radius 1 is 1.06 bits per heavy atom. The van der Waals surface area contributed by atoms with Crippen LogP contribution in [0.4, 0.5) is 5.82 Å². The molecule has 0 bridgehead atoms. The fourth-order valence-corrected chi connectivity index (χ4v) is 5.78. The van der Waals surface area contributed by atoms with Gasteiger partial charge in [-0.1, -0.05) is 70.2 Å². The summed E-state index contributed by atoms with van der Waals surface area (Å²) in [5.74, 6) is 1.08. The van der Waals surface area contributed by atoms with Gasteiger partial charge < -0.3 is 5.11 Å². The van der Waals surface area contributed by atoms with E-state index in [-0.39, 0.29) is 5.54 Å². The molecule has 0 saturated carbocycles. The van der Waals surface area contributed by atoms with Crippen LogP contribution in [0, 0.1) is 0 Å². The molecule has 1 unspecified atom stereocenters. The number of hydrogen-bond acceptors (Lipinski definition) is 2. The lowest BCUT2D eigenvalue weighted by atomic mass is 9.75. The highest BCUT2D eigenvalue weighted by molar-refractivity contribution is 6.05. The minimum atomic E-state index is -0.708. The van der Waals surface area contributed by atoms with Crippen molar-refractivity contribution in [2.24, 2.45) is 0 Å². The van der Waals surface area contributed by atoms with E-state index in [1.807, 2.05) is 6.08 Å². The van der Waals surface area contributed by atoms with Gasteiger partial charge in [-0.3, -0.25) is 0 Å². The lowest BCUT2D eigenvalue weighted by molar-refractivity contribution is -0.568. The summed E-state index contributed by atoms with van der Waals surface area (Å²) in [6.45, 7) is 11.2. The molecule has 0 amide bonds. The molecule has 3 heterocycles. The van der Waals surface area contributed by atoms with E-state index >= 15 is 0 Å². The molecule has 0 aliphatic carbocycles. The Bertz CT molecular complexity index is 1240. The van der Waals surface area contributed by atoms with Gasteiger partial charge in [-0.15, -0.1) is 0 Å². The van der Waals surface area contributed by atoms with Crippen molar-refractivity contribution in [1.29, 1.82) is 0 Å². The third kappa shape index (κ3) is 2.87. The average molecular weight is 426 g/mol. The zero-order chi connectivity index (χ0) is 22.5. The fraction of sp³-hybridized carbons (Fsp3) is 0.345. The van der Waals surface area contributed by atoms with Crippen molar-refractivity contribution in [3.63, 3.8) is 0 Å². The molecule has 3 aromatic rings. The molecular formula is C29H33N2O+. The van der Waals surface area contributed by atoms with Crippen LogP contribution >= 0.6 is 0 Å². The first-order chi connectivity index (χ1) is 15.6. The summed E-state index contributed by atoms with van der Waals surface area (Å²) >= 11 is 0. The van der Waals surface area contributed by atoms with E-state index in [4.69, 9.17) is 0 Å². The second kappa shape index (κ2) is 7.90. The minimum Gasteiger partial charge on any atom is -0.352 e. The summed E-state index contributed by atoms with van der Waals surface area (Å²) in [7, 11) is 0. The molecule has 3 nitrogen and oxygen atoms in total. The first-order valence-electron chi connectivity index (χ1n) is 12.0. The molecule has 1 atom stereocenters. The number of aromatic nitrogens is 1. The highest BCUT2D eigenvalue weighted by atomic mass is 16.3. The van der Waals surface area contributed by atoms with E-state index in [9.17, 15) is 5.11 Å². The normalized spacial score (nSPS) is 18.8. The molecule has 5 rings (SSSR count). The van der Waals surface area contributed by atoms with Crippen LogP contribution in [-0.4, -0.2) is 16.9 Å². The number of benzene rings is 2. The first-order valence-corrected chi connectivity index (χ1v) is 12.0. The van der Waals surface area contributed by atoms with Crippen LogP contribution in [0.15, 0.2) is 67.4 Å². The number of rotatable bonds is 6. The van der Waals surface area contributed by atoms with Crippen LogP contribution in [0.2, 0.25) is 0 Å². The molecular weight excluding hydrogens is 392 g/mol. The van der Waals surface area contributed by atoms with Crippen molar-refractivity contribution in [3.05, 3.63) is 84.1 Å². The SMILES string of the molecule is C=C1c2cccc3cc[n+]4c(c23)N(C(O)C=C4c2cccc(CCCC)c2)C1(CC)CC. The zero-order valence-corrected chi connectivity index (χ0v) is 19.4. The molecule has 2 aliphatic rings. The number of hydrogen-bond donors (Lipinski definition) is 1. The number of unbranched alkanes of at least 4 members (excludes halogenated alkanes) is 1. The summed E-state index contributed by atoms with van der Waals surface area (Å²) in [4.78, 5) is 2.22. The molecule has 3 heteroatoms. The van der Waals surface area contributed by atoms with Gasteiger partial charge in [-0.05, 0) is 54.3 Å². The van der Waals surface area contributed by atoms with Crippen LogP contribution < -0.4 is 9.47 Å². The third-order valence-electron chi connectivity index (χ3n) is 7.57. The van der Waals surface area contributed by atoms with Gasteiger partial charge in [0.2, 0.25) is 6.23 Å². The van der Waals surface area contributed by atoms with E-state index in [2.05, 4.69) is 91.5 Å². The Balaban J connectivity index is 1.78. The average Bonchev–Trinajstić information content (AvgIpc) is 2.83. The Hall–Kier alpha value is -2.91. The summed E-state index contributed by atoms with van der Waals surface area (Å²) in [5, 5.41) is 13.9. The third-order valence-corrected chi connectivity index (χ3v) is 7.57. The zero-order valence-electron chi connectivity index (χ0n) is 19.4. The number of pyridine rings is 1. The molecule has 2 aromatic carbocycles. The Kier molecular flexibility index (Phi) is 5.17. The highest BCUT2D eigenvalue weighted by Gasteiger charge is 2.53. The van der Waals surface area contributed by atoms with Crippen molar-refractivity contribution in [3.8, 4) is 0 Å². The topological polar surface area (TPSA) is 27.4 Å². The number of aliphatic hydroxyl groups is 1. The van der Waals surface area contributed by atoms with E-state index in [1.165, 1.54) is 34.7 Å². The second-order valence-electron chi connectivity index (χ2n) is 9.14. The second-order valence-corrected chi connectivity index (χ2v) is 9.14. The summed E-state index contributed by atoms with van der Waals surface area (Å²) in [6, 6.07) is 17.5. The van der Waals surface area contributed by atoms with E-state index in [0.29, 0.717) is 0 Å². The number of nitrogens with zero attached hydrogens (tertiary/aromatic N) is 2. The maximum Gasteiger partial charge on any atom is 0.293 e. The summed E-state index contributed by atoms with van der Waals surface area (Å²) < 4.78 is 2.28. The first kappa shape index (κ1) is 21.0. The highest BCUT2D eigenvalue weighted by Crippen LogP contribution is 2.50. The standard InChI is InChI=1S/C29H33N2O/c1-5-8-11-21-12-9-14-23(18-21)25-19-26(32)31-28-27-22(16-17-30(25)28)13-10-15-24(27)20(4)29(31,6-2)7-3/h9-10,12-19,26,32H,4-8,11H2,1-3H3/q+1. The van der Waals surface area contributed by atoms with Crippen molar-refractivity contribution in [2.75, 3.05) is 4.90 Å². The van der Waals surface area contributed by atoms with E-state index in [1.54, 1.807) is 0 Å². The maximum atomic E-state index is 11.6. The lowest BCUT2D eigenvalue weighted by Crippen LogP contribution is -2.62.